The van der Waals surface area contributed by atoms with E-state index < -0.39 is 66.9 Å². The number of hydrogen-bond donors (Lipinski definition) is 7. The fourth-order valence-electron chi connectivity index (χ4n) is 2.25. The highest BCUT2D eigenvalue weighted by atomic mass is 16.4. The van der Waals surface area contributed by atoms with Crippen molar-refractivity contribution >= 4 is 29.7 Å². The van der Waals surface area contributed by atoms with Gasteiger partial charge in [-0.1, -0.05) is 13.8 Å². The summed E-state index contributed by atoms with van der Waals surface area (Å²) in [6.07, 6.45) is -1.71. The molecule has 0 aromatic carbocycles. The van der Waals surface area contributed by atoms with Crippen molar-refractivity contribution in [2.24, 2.45) is 11.7 Å². The van der Waals surface area contributed by atoms with E-state index in [-0.39, 0.29) is 18.8 Å². The zero-order chi connectivity index (χ0) is 22.7. The number of hydrogen-bond acceptors (Lipinski definition) is 7. The lowest BCUT2D eigenvalue weighted by molar-refractivity contribution is -0.142. The summed E-state index contributed by atoms with van der Waals surface area (Å²) >= 11 is 0. The molecule has 0 saturated carbocycles. The fraction of sp³-hybridized carbons (Fsp3) is 0.706. The van der Waals surface area contributed by atoms with Crippen LogP contribution in [0, 0.1) is 5.92 Å². The molecule has 0 heterocycles. The number of carboxylic acids is 2. The van der Waals surface area contributed by atoms with Crippen molar-refractivity contribution in [1.29, 1.82) is 0 Å². The Hall–Kier alpha value is -2.73. The minimum atomic E-state index is -1.33. The molecule has 3 amide bonds. The second-order valence-corrected chi connectivity index (χ2v) is 7.07. The van der Waals surface area contributed by atoms with Crippen molar-refractivity contribution in [3.63, 3.8) is 0 Å². The second kappa shape index (κ2) is 12.7. The van der Waals surface area contributed by atoms with Gasteiger partial charge in [-0.25, -0.2) is 4.79 Å². The molecule has 0 aliphatic carbocycles. The average molecular weight is 418 g/mol. The normalized spacial score (nSPS) is 15.0. The summed E-state index contributed by atoms with van der Waals surface area (Å²) in [5.74, 6) is -4.86. The van der Waals surface area contributed by atoms with E-state index in [2.05, 4.69) is 16.0 Å². The number of aliphatic hydroxyl groups excluding tert-OH is 1. The third-order valence-electron chi connectivity index (χ3n) is 3.87. The molecule has 29 heavy (non-hydrogen) atoms. The maximum Gasteiger partial charge on any atom is 0.326 e. The van der Waals surface area contributed by atoms with Crippen LogP contribution in [0.15, 0.2) is 0 Å². The molecular formula is C17H30N4O8. The van der Waals surface area contributed by atoms with Crippen LogP contribution < -0.4 is 21.7 Å². The van der Waals surface area contributed by atoms with E-state index in [4.69, 9.17) is 15.9 Å². The molecule has 166 valence electrons. The van der Waals surface area contributed by atoms with Crippen LogP contribution in [0.1, 0.15) is 40.0 Å². The molecule has 4 atom stereocenters. The molecule has 0 fully saturated rings. The second-order valence-electron chi connectivity index (χ2n) is 7.07. The van der Waals surface area contributed by atoms with E-state index in [0.29, 0.717) is 0 Å². The van der Waals surface area contributed by atoms with Crippen molar-refractivity contribution in [2.45, 2.75) is 64.3 Å². The van der Waals surface area contributed by atoms with Crippen molar-refractivity contribution in [1.82, 2.24) is 16.0 Å². The van der Waals surface area contributed by atoms with Crippen molar-refractivity contribution in [3.8, 4) is 0 Å². The van der Waals surface area contributed by atoms with Gasteiger partial charge in [0.1, 0.15) is 18.1 Å². The Kier molecular flexibility index (Phi) is 11.5. The minimum Gasteiger partial charge on any atom is -0.481 e. The third-order valence-corrected chi connectivity index (χ3v) is 3.87. The summed E-state index contributed by atoms with van der Waals surface area (Å²) in [5.41, 5.74) is 5.48. The van der Waals surface area contributed by atoms with Crippen LogP contribution in [0.5, 0.6) is 0 Å². The Morgan fingerprint density at radius 2 is 1.52 bits per heavy atom. The predicted molar refractivity (Wildman–Crippen MR) is 100 cm³/mol. The number of carbonyl (C=O) groups is 5. The summed E-state index contributed by atoms with van der Waals surface area (Å²) < 4.78 is 0. The monoisotopic (exact) mass is 418 g/mol. The highest BCUT2D eigenvalue weighted by Gasteiger charge is 2.27. The van der Waals surface area contributed by atoms with Crippen molar-refractivity contribution in [3.05, 3.63) is 0 Å². The lowest BCUT2D eigenvalue weighted by Gasteiger charge is -2.21. The standard InChI is InChI=1S/C17H30N4O8/c1-8(2)6-11(17(28)29)20-12(23)7-19-15(26)10(4-5-13(24)25)21-16(27)14(18)9(3)22/h8-11,14,22H,4-7,18H2,1-3H3,(H,19,26)(H,20,23)(H,21,27)(H,24,25)(H,28,29). The van der Waals surface area contributed by atoms with E-state index in [1.165, 1.54) is 6.92 Å². The summed E-state index contributed by atoms with van der Waals surface area (Å²) in [7, 11) is 0. The quantitative estimate of drug-likeness (QED) is 0.172. The highest BCUT2D eigenvalue weighted by Crippen LogP contribution is 2.05. The summed E-state index contributed by atoms with van der Waals surface area (Å²) in [4.78, 5) is 58.1. The zero-order valence-electron chi connectivity index (χ0n) is 16.7. The molecule has 12 nitrogen and oxygen atoms in total. The Bertz CT molecular complexity index is 608. The van der Waals surface area contributed by atoms with Gasteiger partial charge in [-0.05, 0) is 25.7 Å². The maximum absolute atomic E-state index is 12.3. The number of carbonyl (C=O) groups excluding carboxylic acids is 3. The number of carboxylic acid groups (broad SMARTS) is 2. The first-order valence-electron chi connectivity index (χ1n) is 9.10. The molecule has 12 heteroatoms. The Balaban J connectivity index is 4.89. The van der Waals surface area contributed by atoms with E-state index in [9.17, 15) is 29.1 Å². The number of aliphatic carboxylic acids is 2. The van der Waals surface area contributed by atoms with Gasteiger partial charge in [-0.15, -0.1) is 0 Å². The molecule has 0 aliphatic rings. The van der Waals surface area contributed by atoms with Crippen LogP contribution in [-0.2, 0) is 24.0 Å². The molecule has 0 spiro atoms. The van der Waals surface area contributed by atoms with Crippen molar-refractivity contribution in [2.75, 3.05) is 6.54 Å². The van der Waals surface area contributed by atoms with Gasteiger partial charge in [0.05, 0.1) is 12.6 Å². The first-order chi connectivity index (χ1) is 13.3. The largest absolute Gasteiger partial charge is 0.481 e. The Labute approximate surface area is 168 Å². The van der Waals surface area contributed by atoms with Crippen LogP contribution in [0.25, 0.3) is 0 Å². The first kappa shape index (κ1) is 26.3. The van der Waals surface area contributed by atoms with Gasteiger partial charge in [0.25, 0.3) is 0 Å². The summed E-state index contributed by atoms with van der Waals surface area (Å²) in [6, 6.07) is -3.75. The number of amides is 3. The Morgan fingerprint density at radius 3 is 1.97 bits per heavy atom. The third kappa shape index (κ3) is 11.0. The number of aliphatic hydroxyl groups is 1. The molecule has 0 aliphatic heterocycles. The van der Waals surface area contributed by atoms with E-state index in [0.717, 1.165) is 0 Å². The lowest BCUT2D eigenvalue weighted by Crippen LogP contribution is -2.55. The first-order valence-corrected chi connectivity index (χ1v) is 9.10. The average Bonchev–Trinajstić information content (AvgIpc) is 2.60. The van der Waals surface area contributed by atoms with Gasteiger partial charge in [-0.3, -0.25) is 19.2 Å². The fourth-order valence-corrected chi connectivity index (χ4v) is 2.25. The zero-order valence-corrected chi connectivity index (χ0v) is 16.7. The summed E-state index contributed by atoms with van der Waals surface area (Å²) in [5, 5.41) is 34.0. The molecule has 0 radical (unpaired) electrons. The van der Waals surface area contributed by atoms with Crippen LogP contribution >= 0.6 is 0 Å². The molecule has 0 rings (SSSR count). The molecular weight excluding hydrogens is 388 g/mol. The predicted octanol–water partition coefficient (Wildman–Crippen LogP) is -2.22. The molecule has 0 bridgehead atoms. The van der Waals surface area contributed by atoms with Crippen LogP contribution in [-0.4, -0.2) is 75.8 Å². The Morgan fingerprint density at radius 1 is 0.931 bits per heavy atom. The van der Waals surface area contributed by atoms with Gasteiger partial charge in [-0.2, -0.15) is 0 Å². The molecule has 0 aromatic rings. The van der Waals surface area contributed by atoms with Gasteiger partial charge in [0, 0.05) is 6.42 Å². The molecule has 0 aromatic heterocycles. The molecule has 0 saturated heterocycles. The van der Waals surface area contributed by atoms with Gasteiger partial charge < -0.3 is 37.0 Å². The summed E-state index contributed by atoms with van der Waals surface area (Å²) in [6.45, 7) is 4.29. The van der Waals surface area contributed by atoms with Crippen LogP contribution in [0.2, 0.25) is 0 Å². The van der Waals surface area contributed by atoms with E-state index >= 15 is 0 Å². The topological polar surface area (TPSA) is 208 Å². The van der Waals surface area contributed by atoms with Gasteiger partial charge in [0.15, 0.2) is 0 Å². The van der Waals surface area contributed by atoms with Gasteiger partial charge >= 0.3 is 11.9 Å². The highest BCUT2D eigenvalue weighted by molar-refractivity contribution is 5.92. The smallest absolute Gasteiger partial charge is 0.326 e. The minimum absolute atomic E-state index is 0.0136. The SMILES string of the molecule is CC(C)CC(NC(=O)CNC(=O)C(CCC(=O)O)NC(=O)C(N)C(C)O)C(=O)O. The van der Waals surface area contributed by atoms with Crippen LogP contribution in [0.3, 0.4) is 0 Å². The molecule has 8 N–H and O–H groups in total. The number of rotatable bonds is 13. The molecule has 4 unspecified atom stereocenters. The van der Waals surface area contributed by atoms with E-state index in [1.54, 1.807) is 13.8 Å². The van der Waals surface area contributed by atoms with E-state index in [1.807, 2.05) is 0 Å². The number of nitrogens with one attached hydrogen (secondary N) is 3. The maximum atomic E-state index is 12.3. The lowest BCUT2D eigenvalue weighted by atomic mass is 10.0. The van der Waals surface area contributed by atoms with Gasteiger partial charge in [0.2, 0.25) is 17.7 Å². The van der Waals surface area contributed by atoms with Crippen molar-refractivity contribution < 1.29 is 39.3 Å². The number of nitrogens with two attached hydrogens (primary N) is 1. The van der Waals surface area contributed by atoms with Crippen LogP contribution in [0.4, 0.5) is 0 Å².